The summed E-state index contributed by atoms with van der Waals surface area (Å²) in [5.74, 6) is 3.14. The number of nitrogens with one attached hydrogen (secondary N) is 1. The van der Waals surface area contributed by atoms with Crippen LogP contribution in [0.2, 0.25) is 10.0 Å². The van der Waals surface area contributed by atoms with E-state index in [4.69, 9.17) is 43.9 Å². The number of terminal acetylenes is 1. The van der Waals surface area contributed by atoms with Gasteiger partial charge in [-0.2, -0.15) is 0 Å². The Balaban J connectivity index is 2.02. The Morgan fingerprint density at radius 2 is 1.93 bits per heavy atom. The molecule has 152 valence electrons. The summed E-state index contributed by atoms with van der Waals surface area (Å²) in [6.07, 6.45) is 5.78. The summed E-state index contributed by atoms with van der Waals surface area (Å²) in [4.78, 5) is 17.4. The van der Waals surface area contributed by atoms with Gasteiger partial charge >= 0.3 is 0 Å². The quantitative estimate of drug-likeness (QED) is 0.370. The Morgan fingerprint density at radius 3 is 2.59 bits per heavy atom. The third kappa shape index (κ3) is 6.31. The lowest BCUT2D eigenvalue weighted by Crippen LogP contribution is -2.33. The van der Waals surface area contributed by atoms with Crippen molar-refractivity contribution in [3.63, 3.8) is 0 Å². The minimum atomic E-state index is -0.397. The third-order valence-electron chi connectivity index (χ3n) is 3.83. The van der Waals surface area contributed by atoms with Crippen molar-refractivity contribution in [3.05, 3.63) is 57.6 Å². The van der Waals surface area contributed by atoms with E-state index >= 15 is 0 Å². The zero-order valence-electron chi connectivity index (χ0n) is 16.0. The van der Waals surface area contributed by atoms with Gasteiger partial charge < -0.3 is 19.6 Å². The average molecular weight is 435 g/mol. The van der Waals surface area contributed by atoms with Crippen LogP contribution in [0.1, 0.15) is 11.1 Å². The van der Waals surface area contributed by atoms with Crippen LogP contribution >= 0.6 is 23.2 Å². The maximum atomic E-state index is 12.6. The van der Waals surface area contributed by atoms with E-state index in [2.05, 4.69) is 16.4 Å². The third-order valence-corrected chi connectivity index (χ3v) is 4.57. The highest BCUT2D eigenvalue weighted by Crippen LogP contribution is 2.28. The number of rotatable bonds is 9. The fourth-order valence-electron chi connectivity index (χ4n) is 2.47. The first-order valence-corrected chi connectivity index (χ1v) is 9.33. The van der Waals surface area contributed by atoms with E-state index in [1.807, 2.05) is 12.1 Å². The predicted octanol–water partition coefficient (Wildman–Crippen LogP) is 3.72. The number of methoxy groups -OCH3 is 1. The van der Waals surface area contributed by atoms with Gasteiger partial charge in [-0.05, 0) is 36.2 Å². The topological polar surface area (TPSA) is 69.2 Å². The Kier molecular flexibility index (Phi) is 8.66. The first kappa shape index (κ1) is 22.4. The first-order chi connectivity index (χ1) is 14.0. The van der Waals surface area contributed by atoms with Crippen molar-refractivity contribution in [1.82, 2.24) is 5.32 Å². The van der Waals surface area contributed by atoms with Gasteiger partial charge in [-0.25, -0.2) is 0 Å². The van der Waals surface area contributed by atoms with E-state index in [0.717, 1.165) is 5.56 Å². The average Bonchev–Trinajstić information content (AvgIpc) is 2.72. The van der Waals surface area contributed by atoms with Crippen LogP contribution in [0.4, 0.5) is 0 Å². The predicted molar refractivity (Wildman–Crippen MR) is 114 cm³/mol. The van der Waals surface area contributed by atoms with Crippen molar-refractivity contribution in [3.8, 4) is 23.8 Å². The molecular formula is C21H20Cl2N2O4. The van der Waals surface area contributed by atoms with Crippen LogP contribution in [0, 0.1) is 12.3 Å². The summed E-state index contributed by atoms with van der Waals surface area (Å²) >= 11 is 12.0. The molecule has 2 aromatic carbocycles. The summed E-state index contributed by atoms with van der Waals surface area (Å²) in [5, 5.41) is 7.32. The molecule has 0 spiro atoms. The summed E-state index contributed by atoms with van der Waals surface area (Å²) < 4.78 is 10.7. The SMILES string of the molecule is C#CCOc1ccc(CCNC(=O)/C(=N/OC)c2ccc(Cl)c(Cl)c2)cc1OC. The highest BCUT2D eigenvalue weighted by atomic mass is 35.5. The zero-order valence-corrected chi connectivity index (χ0v) is 17.5. The number of nitrogens with zero attached hydrogens (tertiary/aromatic N) is 1. The summed E-state index contributed by atoms with van der Waals surface area (Å²) in [7, 11) is 2.91. The molecule has 0 aliphatic carbocycles. The fourth-order valence-corrected chi connectivity index (χ4v) is 2.77. The van der Waals surface area contributed by atoms with Gasteiger partial charge in [0.05, 0.1) is 17.2 Å². The number of hydrogen-bond acceptors (Lipinski definition) is 5. The lowest BCUT2D eigenvalue weighted by atomic mass is 10.1. The van der Waals surface area contributed by atoms with Crippen LogP contribution in [-0.2, 0) is 16.1 Å². The smallest absolute Gasteiger partial charge is 0.273 e. The second-order valence-electron chi connectivity index (χ2n) is 5.74. The number of carbonyl (C=O) groups excluding carboxylic acids is 1. The molecule has 0 fully saturated rings. The van der Waals surface area contributed by atoms with E-state index in [1.165, 1.54) is 7.11 Å². The number of hydrogen-bond donors (Lipinski definition) is 1. The van der Waals surface area contributed by atoms with Gasteiger partial charge in [0.1, 0.15) is 13.7 Å². The lowest BCUT2D eigenvalue weighted by Gasteiger charge is -2.11. The number of halogens is 2. The second kappa shape index (κ2) is 11.2. The highest BCUT2D eigenvalue weighted by Gasteiger charge is 2.16. The molecule has 0 atom stereocenters. The van der Waals surface area contributed by atoms with Crippen LogP contribution < -0.4 is 14.8 Å². The summed E-state index contributed by atoms with van der Waals surface area (Å²) in [5.41, 5.74) is 1.55. The van der Waals surface area contributed by atoms with E-state index in [0.29, 0.717) is 40.1 Å². The van der Waals surface area contributed by atoms with E-state index < -0.39 is 5.91 Å². The standard InChI is InChI=1S/C21H20Cl2N2O4/c1-4-11-29-18-8-5-14(12-19(18)27-2)9-10-24-21(26)20(25-28-3)15-6-7-16(22)17(23)13-15/h1,5-8,12-13H,9-11H2,2-3H3,(H,24,26)/b25-20+. The van der Waals surface area contributed by atoms with Crippen LogP contribution in [-0.4, -0.2) is 39.0 Å². The van der Waals surface area contributed by atoms with Crippen molar-refractivity contribution in [1.29, 1.82) is 0 Å². The molecule has 6 nitrogen and oxygen atoms in total. The first-order valence-electron chi connectivity index (χ1n) is 8.58. The van der Waals surface area contributed by atoms with Crippen LogP contribution in [0.5, 0.6) is 11.5 Å². The molecule has 0 saturated carbocycles. The van der Waals surface area contributed by atoms with Gasteiger partial charge in [-0.15, -0.1) is 6.42 Å². The molecular weight excluding hydrogens is 415 g/mol. The van der Waals surface area contributed by atoms with Crippen molar-refractivity contribution in [2.45, 2.75) is 6.42 Å². The highest BCUT2D eigenvalue weighted by molar-refractivity contribution is 6.47. The fraction of sp³-hybridized carbons (Fsp3) is 0.238. The number of amides is 1. The van der Waals surface area contributed by atoms with Crippen molar-refractivity contribution >= 4 is 34.8 Å². The van der Waals surface area contributed by atoms with Crippen LogP contribution in [0.15, 0.2) is 41.6 Å². The minimum absolute atomic E-state index is 0.0988. The molecule has 0 heterocycles. The Bertz CT molecular complexity index is 939. The number of benzene rings is 2. The van der Waals surface area contributed by atoms with Crippen molar-refractivity contribution in [2.75, 3.05) is 27.4 Å². The zero-order chi connectivity index (χ0) is 21.2. The molecule has 1 N–H and O–H groups in total. The Hall–Kier alpha value is -2.88. The maximum absolute atomic E-state index is 12.6. The molecule has 0 bridgehead atoms. The monoisotopic (exact) mass is 434 g/mol. The number of oxime groups is 1. The Labute approximate surface area is 179 Å². The molecule has 0 saturated heterocycles. The second-order valence-corrected chi connectivity index (χ2v) is 6.55. The van der Waals surface area contributed by atoms with Gasteiger partial charge in [0.15, 0.2) is 17.2 Å². The summed E-state index contributed by atoms with van der Waals surface area (Å²) in [6.45, 7) is 0.526. The molecule has 29 heavy (non-hydrogen) atoms. The van der Waals surface area contributed by atoms with Gasteiger partial charge in [-0.1, -0.05) is 46.4 Å². The molecule has 0 aliphatic heterocycles. The van der Waals surface area contributed by atoms with Gasteiger partial charge in [0, 0.05) is 12.1 Å². The molecule has 2 aromatic rings. The normalized spacial score (nSPS) is 10.8. The summed E-state index contributed by atoms with van der Waals surface area (Å²) in [6, 6.07) is 10.3. The molecule has 1 amide bonds. The minimum Gasteiger partial charge on any atom is -0.493 e. The van der Waals surface area contributed by atoms with Crippen molar-refractivity contribution in [2.24, 2.45) is 5.16 Å². The molecule has 0 unspecified atom stereocenters. The number of carbonyl (C=O) groups is 1. The molecule has 2 rings (SSSR count). The molecule has 8 heteroatoms. The lowest BCUT2D eigenvalue weighted by molar-refractivity contribution is -0.114. The van der Waals surface area contributed by atoms with E-state index in [-0.39, 0.29) is 12.3 Å². The molecule has 0 aliphatic rings. The molecule has 0 radical (unpaired) electrons. The van der Waals surface area contributed by atoms with Gasteiger partial charge in [0.2, 0.25) is 0 Å². The van der Waals surface area contributed by atoms with Crippen LogP contribution in [0.25, 0.3) is 0 Å². The van der Waals surface area contributed by atoms with Gasteiger partial charge in [-0.3, -0.25) is 4.79 Å². The maximum Gasteiger partial charge on any atom is 0.273 e. The van der Waals surface area contributed by atoms with Gasteiger partial charge in [0.25, 0.3) is 5.91 Å². The molecule has 0 aromatic heterocycles. The van der Waals surface area contributed by atoms with E-state index in [1.54, 1.807) is 31.4 Å². The Morgan fingerprint density at radius 1 is 1.14 bits per heavy atom. The largest absolute Gasteiger partial charge is 0.493 e. The van der Waals surface area contributed by atoms with Crippen LogP contribution in [0.3, 0.4) is 0 Å². The van der Waals surface area contributed by atoms with E-state index in [9.17, 15) is 4.79 Å². The van der Waals surface area contributed by atoms with Crippen molar-refractivity contribution < 1.29 is 19.1 Å². The number of ether oxygens (including phenoxy) is 2.